The Labute approximate surface area is 182 Å². The third kappa shape index (κ3) is 5.42. The van der Waals surface area contributed by atoms with Crippen molar-refractivity contribution in [2.45, 2.75) is 66.5 Å². The number of benzene rings is 2. The minimum absolute atomic E-state index is 0.0766. The van der Waals surface area contributed by atoms with Crippen molar-refractivity contribution in [2.75, 3.05) is 6.54 Å². The fraction of sp³-hybridized carbons (Fsp3) is 0.455. The zero-order valence-electron chi connectivity index (χ0n) is 17.1. The molecule has 0 radical (unpaired) electrons. The van der Waals surface area contributed by atoms with E-state index in [2.05, 4.69) is 19.1 Å². The summed E-state index contributed by atoms with van der Waals surface area (Å²) in [5, 5.41) is 11.1. The summed E-state index contributed by atoms with van der Waals surface area (Å²) in [6.07, 6.45) is 5.96. The lowest BCUT2D eigenvalue weighted by molar-refractivity contribution is -0.384. The van der Waals surface area contributed by atoms with Crippen LogP contribution >= 0.6 is 11.8 Å². The predicted molar refractivity (Wildman–Crippen MR) is 120 cm³/mol. The van der Waals surface area contributed by atoms with Gasteiger partial charge in [-0.2, -0.15) is 4.31 Å². The normalized spacial score (nSPS) is 18.4. The molecular weight excluding hydrogens is 420 g/mol. The Bertz CT molecular complexity index is 933. The highest BCUT2D eigenvalue weighted by Crippen LogP contribution is 2.38. The van der Waals surface area contributed by atoms with E-state index in [1.54, 1.807) is 16.1 Å². The van der Waals surface area contributed by atoms with Crippen LogP contribution in [0, 0.1) is 10.1 Å². The zero-order chi connectivity index (χ0) is 21.6. The van der Waals surface area contributed by atoms with Crippen LogP contribution < -0.4 is 0 Å². The molecule has 0 aliphatic carbocycles. The number of nitro groups is 1. The fourth-order valence-corrected chi connectivity index (χ4v) is 7.10. The summed E-state index contributed by atoms with van der Waals surface area (Å²) in [6.45, 7) is 2.66. The van der Waals surface area contributed by atoms with E-state index in [1.807, 2.05) is 18.2 Å². The lowest BCUT2D eigenvalue weighted by Gasteiger charge is -2.31. The highest BCUT2D eigenvalue weighted by molar-refractivity contribution is 8.00. The summed E-state index contributed by atoms with van der Waals surface area (Å²) in [5.74, 6) is 0. The number of unbranched alkanes of at least 4 members (excludes halogenated alkanes) is 2. The van der Waals surface area contributed by atoms with E-state index in [0.717, 1.165) is 43.4 Å². The van der Waals surface area contributed by atoms with E-state index >= 15 is 0 Å². The van der Waals surface area contributed by atoms with Gasteiger partial charge in [0.15, 0.2) is 0 Å². The van der Waals surface area contributed by atoms with Gasteiger partial charge in [0.2, 0.25) is 10.0 Å². The molecule has 3 rings (SSSR count). The molecule has 1 aliphatic rings. The monoisotopic (exact) mass is 448 g/mol. The van der Waals surface area contributed by atoms with Gasteiger partial charge in [-0.25, -0.2) is 8.42 Å². The summed E-state index contributed by atoms with van der Waals surface area (Å²) in [6, 6.07) is 15.3. The van der Waals surface area contributed by atoms with Crippen molar-refractivity contribution >= 4 is 27.5 Å². The van der Waals surface area contributed by atoms with E-state index in [-0.39, 0.29) is 21.9 Å². The van der Waals surface area contributed by atoms with Gasteiger partial charge in [-0.15, -0.1) is 11.8 Å². The maximum Gasteiger partial charge on any atom is 0.269 e. The van der Waals surface area contributed by atoms with Gasteiger partial charge in [0.05, 0.1) is 9.82 Å². The molecule has 0 saturated carbocycles. The molecule has 0 amide bonds. The standard InChI is InChI=1S/C22H28N2O4S2/c1-2-3-5-12-22(29-19-9-6-4-7-10-19)21-11-8-17-23(21)30(27,28)20-15-13-18(14-16-20)24(25)26/h4,6-7,9-10,13-16,21-22H,2-3,5,8,11-12,17H2,1H3/t21-,22-/m0/s1. The SMILES string of the molecule is CCCCC[C@H](Sc1ccccc1)[C@@H]1CCCN1S(=O)(=O)c1ccc([N+](=O)[O-])cc1. The Morgan fingerprint density at radius 3 is 2.47 bits per heavy atom. The van der Waals surface area contributed by atoms with Crippen LogP contribution in [0.4, 0.5) is 5.69 Å². The van der Waals surface area contributed by atoms with Crippen molar-refractivity contribution in [3.63, 3.8) is 0 Å². The van der Waals surface area contributed by atoms with Gasteiger partial charge in [-0.3, -0.25) is 10.1 Å². The predicted octanol–water partition coefficient (Wildman–Crippen LogP) is 5.49. The van der Waals surface area contributed by atoms with Crippen LogP contribution in [0.25, 0.3) is 0 Å². The largest absolute Gasteiger partial charge is 0.269 e. The van der Waals surface area contributed by atoms with E-state index in [1.165, 1.54) is 24.3 Å². The van der Waals surface area contributed by atoms with E-state index < -0.39 is 14.9 Å². The Hall–Kier alpha value is -1.90. The van der Waals surface area contributed by atoms with Crippen molar-refractivity contribution < 1.29 is 13.3 Å². The van der Waals surface area contributed by atoms with Crippen LogP contribution in [0.5, 0.6) is 0 Å². The number of nitrogens with zero attached hydrogens (tertiary/aromatic N) is 2. The molecule has 2 atom stereocenters. The number of nitro benzene ring substituents is 1. The first kappa shape index (κ1) is 22.8. The molecule has 8 heteroatoms. The Balaban J connectivity index is 1.84. The molecule has 1 aliphatic heterocycles. The molecule has 1 heterocycles. The first-order valence-corrected chi connectivity index (χ1v) is 12.7. The Morgan fingerprint density at radius 1 is 1.13 bits per heavy atom. The quantitative estimate of drug-likeness (QED) is 0.208. The summed E-state index contributed by atoms with van der Waals surface area (Å²) < 4.78 is 28.3. The minimum atomic E-state index is -3.70. The van der Waals surface area contributed by atoms with Gasteiger partial charge in [0.1, 0.15) is 0 Å². The summed E-state index contributed by atoms with van der Waals surface area (Å²) in [4.78, 5) is 11.7. The van der Waals surface area contributed by atoms with Gasteiger partial charge < -0.3 is 0 Å². The molecular formula is C22H28N2O4S2. The molecule has 162 valence electrons. The second kappa shape index (κ2) is 10.4. The highest BCUT2D eigenvalue weighted by atomic mass is 32.2. The molecule has 0 unspecified atom stereocenters. The zero-order valence-corrected chi connectivity index (χ0v) is 18.8. The first-order valence-electron chi connectivity index (χ1n) is 10.4. The van der Waals surface area contributed by atoms with Gasteiger partial charge in [-0.05, 0) is 43.5 Å². The molecule has 0 spiro atoms. The smallest absolute Gasteiger partial charge is 0.258 e. The Kier molecular flexibility index (Phi) is 7.91. The molecule has 2 aromatic rings. The average Bonchev–Trinajstić information content (AvgIpc) is 3.25. The van der Waals surface area contributed by atoms with Crippen molar-refractivity contribution in [3.05, 3.63) is 64.7 Å². The second-order valence-corrected chi connectivity index (χ2v) is 10.7. The molecule has 30 heavy (non-hydrogen) atoms. The minimum Gasteiger partial charge on any atom is -0.258 e. The van der Waals surface area contributed by atoms with E-state index in [0.29, 0.717) is 6.54 Å². The van der Waals surface area contributed by atoms with Crippen LogP contribution in [-0.4, -0.2) is 35.5 Å². The van der Waals surface area contributed by atoms with Crippen molar-refractivity contribution in [1.82, 2.24) is 4.31 Å². The van der Waals surface area contributed by atoms with Crippen molar-refractivity contribution in [2.24, 2.45) is 0 Å². The highest BCUT2D eigenvalue weighted by Gasteiger charge is 2.39. The van der Waals surface area contributed by atoms with Crippen LogP contribution in [0.1, 0.15) is 45.4 Å². The van der Waals surface area contributed by atoms with Gasteiger partial charge in [-0.1, -0.05) is 44.4 Å². The molecule has 1 saturated heterocycles. The molecule has 0 bridgehead atoms. The number of thioether (sulfide) groups is 1. The number of hydrogen-bond acceptors (Lipinski definition) is 5. The number of sulfonamides is 1. The third-order valence-corrected chi connectivity index (χ3v) is 8.79. The summed E-state index contributed by atoms with van der Waals surface area (Å²) in [5.41, 5.74) is -0.107. The molecule has 0 N–H and O–H groups in total. The van der Waals surface area contributed by atoms with Gasteiger partial charge in [0, 0.05) is 34.9 Å². The van der Waals surface area contributed by atoms with E-state index in [4.69, 9.17) is 0 Å². The fourth-order valence-electron chi connectivity index (χ4n) is 3.91. The second-order valence-electron chi connectivity index (χ2n) is 7.54. The van der Waals surface area contributed by atoms with Crippen molar-refractivity contribution in [3.8, 4) is 0 Å². The lowest BCUT2D eigenvalue weighted by Crippen LogP contribution is -2.41. The van der Waals surface area contributed by atoms with Crippen molar-refractivity contribution in [1.29, 1.82) is 0 Å². The van der Waals surface area contributed by atoms with Gasteiger partial charge >= 0.3 is 0 Å². The molecule has 6 nitrogen and oxygen atoms in total. The number of hydrogen-bond donors (Lipinski definition) is 0. The van der Waals surface area contributed by atoms with Crippen LogP contribution in [0.3, 0.4) is 0 Å². The third-order valence-electron chi connectivity index (χ3n) is 5.45. The summed E-state index contributed by atoms with van der Waals surface area (Å²) >= 11 is 1.76. The molecule has 1 fully saturated rings. The van der Waals surface area contributed by atoms with E-state index in [9.17, 15) is 18.5 Å². The lowest BCUT2D eigenvalue weighted by atomic mass is 10.1. The number of non-ortho nitro benzene ring substituents is 1. The van der Waals surface area contributed by atoms with Crippen LogP contribution in [0.2, 0.25) is 0 Å². The van der Waals surface area contributed by atoms with Crippen LogP contribution in [0.15, 0.2) is 64.4 Å². The molecule has 2 aromatic carbocycles. The van der Waals surface area contributed by atoms with Gasteiger partial charge in [0.25, 0.3) is 5.69 Å². The molecule has 0 aromatic heterocycles. The maximum absolute atomic E-state index is 13.4. The maximum atomic E-state index is 13.4. The summed E-state index contributed by atoms with van der Waals surface area (Å²) in [7, 11) is -3.70. The topological polar surface area (TPSA) is 80.5 Å². The Morgan fingerprint density at radius 2 is 1.83 bits per heavy atom. The average molecular weight is 449 g/mol. The first-order chi connectivity index (χ1) is 14.4. The van der Waals surface area contributed by atoms with Crippen LogP contribution in [-0.2, 0) is 10.0 Å². The number of rotatable bonds is 10.